The average Bonchev–Trinajstić information content (AvgIpc) is 2.40. The summed E-state index contributed by atoms with van der Waals surface area (Å²) in [5, 5.41) is 0. The first-order valence-electron chi connectivity index (χ1n) is 7.65. The second-order valence-corrected chi connectivity index (χ2v) is 6.05. The van der Waals surface area contributed by atoms with Crippen molar-refractivity contribution in [3.8, 4) is 0 Å². The summed E-state index contributed by atoms with van der Waals surface area (Å²) in [5.41, 5.74) is 5.90. The van der Waals surface area contributed by atoms with Gasteiger partial charge in [-0.3, -0.25) is 4.79 Å². The van der Waals surface area contributed by atoms with E-state index in [-0.39, 0.29) is 17.6 Å². The molecule has 0 aromatic rings. The molecule has 2 atom stereocenters. The number of hydrogen-bond acceptors (Lipinski definition) is 4. The molecule has 2 saturated heterocycles. The lowest BCUT2D eigenvalue weighted by Crippen LogP contribution is -2.46. The van der Waals surface area contributed by atoms with Gasteiger partial charge in [0.15, 0.2) is 0 Å². The maximum absolute atomic E-state index is 12.3. The zero-order chi connectivity index (χ0) is 13.7. The summed E-state index contributed by atoms with van der Waals surface area (Å²) >= 11 is 0. The van der Waals surface area contributed by atoms with Gasteiger partial charge < -0.3 is 15.2 Å². The number of carbonyl (C=O) groups is 1. The molecule has 0 aromatic carbocycles. The van der Waals surface area contributed by atoms with E-state index in [9.17, 15) is 4.79 Å². The van der Waals surface area contributed by atoms with Crippen LogP contribution in [0.4, 0.5) is 0 Å². The normalized spacial score (nSPS) is 28.2. The number of ketones is 1. The molecule has 110 valence electrons. The fourth-order valence-electron chi connectivity index (χ4n) is 3.29. The van der Waals surface area contributed by atoms with Crippen molar-refractivity contribution in [2.45, 2.75) is 63.5 Å². The number of carbonyl (C=O) groups excluding carboxylic acids is 1. The second kappa shape index (κ2) is 6.82. The molecule has 2 unspecified atom stereocenters. The van der Waals surface area contributed by atoms with Gasteiger partial charge >= 0.3 is 0 Å². The van der Waals surface area contributed by atoms with Crippen LogP contribution >= 0.6 is 0 Å². The summed E-state index contributed by atoms with van der Waals surface area (Å²) in [6.45, 7) is 4.34. The van der Waals surface area contributed by atoms with Crippen LogP contribution in [0.15, 0.2) is 0 Å². The number of rotatable bonds is 5. The highest BCUT2D eigenvalue weighted by molar-refractivity contribution is 5.81. The second-order valence-electron chi connectivity index (χ2n) is 6.05. The zero-order valence-corrected chi connectivity index (χ0v) is 12.0. The predicted octanol–water partition coefficient (Wildman–Crippen LogP) is 2.05. The van der Waals surface area contributed by atoms with Gasteiger partial charge in [0.25, 0.3) is 0 Å². The number of nitrogens with two attached hydrogens (primary N) is 1. The molecular weight excluding hydrogens is 242 g/mol. The third-order valence-corrected chi connectivity index (χ3v) is 4.48. The van der Waals surface area contributed by atoms with Crippen LogP contribution in [0.25, 0.3) is 0 Å². The van der Waals surface area contributed by atoms with Crippen LogP contribution in [0.3, 0.4) is 0 Å². The lowest BCUT2D eigenvalue weighted by atomic mass is 9.78. The van der Waals surface area contributed by atoms with Crippen LogP contribution in [-0.4, -0.2) is 37.2 Å². The number of hydrogen-bond donors (Lipinski definition) is 1. The number of ether oxygens (including phenoxy) is 2. The first kappa shape index (κ1) is 14.9. The lowest BCUT2D eigenvalue weighted by Gasteiger charge is -2.43. The van der Waals surface area contributed by atoms with Crippen molar-refractivity contribution < 1.29 is 14.3 Å². The Morgan fingerprint density at radius 2 is 2.11 bits per heavy atom. The lowest BCUT2D eigenvalue weighted by molar-refractivity contribution is -0.157. The standard InChI is InChI=1S/C15H27NO3/c1-2-3-13(16)10-14(17)12-4-7-19-15(11-12)5-8-18-9-6-15/h12-13H,2-11,16H2,1H3. The summed E-state index contributed by atoms with van der Waals surface area (Å²) < 4.78 is 11.4. The molecule has 19 heavy (non-hydrogen) atoms. The van der Waals surface area contributed by atoms with Crippen LogP contribution in [0.1, 0.15) is 51.9 Å². The molecule has 4 heteroatoms. The molecule has 0 bridgehead atoms. The first-order valence-corrected chi connectivity index (χ1v) is 7.65. The Labute approximate surface area is 116 Å². The molecule has 2 rings (SSSR count). The maximum Gasteiger partial charge on any atom is 0.137 e. The third-order valence-electron chi connectivity index (χ3n) is 4.48. The molecule has 0 radical (unpaired) electrons. The fourth-order valence-corrected chi connectivity index (χ4v) is 3.29. The molecule has 2 N–H and O–H groups in total. The maximum atomic E-state index is 12.3. The van der Waals surface area contributed by atoms with E-state index in [1.54, 1.807) is 0 Å². The Morgan fingerprint density at radius 1 is 1.37 bits per heavy atom. The van der Waals surface area contributed by atoms with E-state index < -0.39 is 0 Å². The van der Waals surface area contributed by atoms with Gasteiger partial charge in [0.05, 0.1) is 5.60 Å². The van der Waals surface area contributed by atoms with Gasteiger partial charge in [-0.05, 0) is 32.1 Å². The van der Waals surface area contributed by atoms with E-state index in [0.29, 0.717) is 18.8 Å². The van der Waals surface area contributed by atoms with Crippen LogP contribution in [-0.2, 0) is 14.3 Å². The minimum Gasteiger partial charge on any atom is -0.381 e. The minimum atomic E-state index is -0.0916. The summed E-state index contributed by atoms with van der Waals surface area (Å²) in [6.07, 6.45) is 6.10. The Bertz CT molecular complexity index is 294. The molecule has 1 spiro atoms. The van der Waals surface area contributed by atoms with Gasteiger partial charge in [0.1, 0.15) is 5.78 Å². The van der Waals surface area contributed by atoms with Crippen LogP contribution in [0.5, 0.6) is 0 Å². The molecule has 2 heterocycles. The molecule has 2 aliphatic heterocycles. The topological polar surface area (TPSA) is 61.6 Å². The van der Waals surface area contributed by atoms with Crippen LogP contribution in [0.2, 0.25) is 0 Å². The molecule has 2 aliphatic rings. The smallest absolute Gasteiger partial charge is 0.137 e. The minimum absolute atomic E-state index is 0.0333. The molecule has 0 saturated carbocycles. The molecule has 2 fully saturated rings. The van der Waals surface area contributed by atoms with Crippen molar-refractivity contribution in [2.75, 3.05) is 19.8 Å². The molecular formula is C15H27NO3. The van der Waals surface area contributed by atoms with E-state index in [2.05, 4.69) is 6.92 Å². The summed E-state index contributed by atoms with van der Waals surface area (Å²) in [7, 11) is 0. The van der Waals surface area contributed by atoms with Crippen molar-refractivity contribution >= 4 is 5.78 Å². The monoisotopic (exact) mass is 269 g/mol. The van der Waals surface area contributed by atoms with Crippen LogP contribution in [0, 0.1) is 5.92 Å². The Kier molecular flexibility index (Phi) is 5.37. The van der Waals surface area contributed by atoms with Crippen LogP contribution < -0.4 is 5.73 Å². The highest BCUT2D eigenvalue weighted by Crippen LogP contribution is 2.37. The summed E-state index contributed by atoms with van der Waals surface area (Å²) in [6, 6.07) is 0.0333. The molecule has 4 nitrogen and oxygen atoms in total. The highest BCUT2D eigenvalue weighted by atomic mass is 16.5. The van der Waals surface area contributed by atoms with Gasteiger partial charge in [-0.15, -0.1) is 0 Å². The first-order chi connectivity index (χ1) is 9.15. The Balaban J connectivity index is 1.87. The SMILES string of the molecule is CCCC(N)CC(=O)C1CCOC2(CCOCC2)C1. The van der Waals surface area contributed by atoms with E-state index in [4.69, 9.17) is 15.2 Å². The van der Waals surface area contributed by atoms with Crippen molar-refractivity contribution in [3.63, 3.8) is 0 Å². The van der Waals surface area contributed by atoms with Crippen molar-refractivity contribution in [1.29, 1.82) is 0 Å². The Hall–Kier alpha value is -0.450. The van der Waals surface area contributed by atoms with Gasteiger partial charge in [-0.25, -0.2) is 0 Å². The highest BCUT2D eigenvalue weighted by Gasteiger charge is 2.41. The van der Waals surface area contributed by atoms with Crippen molar-refractivity contribution in [1.82, 2.24) is 0 Å². The quantitative estimate of drug-likeness (QED) is 0.829. The largest absolute Gasteiger partial charge is 0.381 e. The molecule has 0 aromatic heterocycles. The predicted molar refractivity (Wildman–Crippen MR) is 74.0 cm³/mol. The molecule has 0 amide bonds. The Morgan fingerprint density at radius 3 is 2.79 bits per heavy atom. The van der Waals surface area contributed by atoms with Gasteiger partial charge in [0.2, 0.25) is 0 Å². The van der Waals surface area contributed by atoms with E-state index in [0.717, 1.165) is 51.7 Å². The van der Waals surface area contributed by atoms with E-state index in [1.165, 1.54) is 0 Å². The zero-order valence-electron chi connectivity index (χ0n) is 12.0. The van der Waals surface area contributed by atoms with Gasteiger partial charge in [0, 0.05) is 38.2 Å². The van der Waals surface area contributed by atoms with E-state index >= 15 is 0 Å². The molecule has 0 aliphatic carbocycles. The van der Waals surface area contributed by atoms with E-state index in [1.807, 2.05) is 0 Å². The van der Waals surface area contributed by atoms with Crippen molar-refractivity contribution in [2.24, 2.45) is 11.7 Å². The van der Waals surface area contributed by atoms with Crippen molar-refractivity contribution in [3.05, 3.63) is 0 Å². The summed E-state index contributed by atoms with van der Waals surface area (Å²) in [5.74, 6) is 0.491. The van der Waals surface area contributed by atoms with Gasteiger partial charge in [-0.2, -0.15) is 0 Å². The third kappa shape index (κ3) is 4.01. The average molecular weight is 269 g/mol. The summed E-state index contributed by atoms with van der Waals surface area (Å²) in [4.78, 5) is 12.3. The fraction of sp³-hybridized carbons (Fsp3) is 0.933. The van der Waals surface area contributed by atoms with Gasteiger partial charge in [-0.1, -0.05) is 13.3 Å². The number of Topliss-reactive ketones (excluding diaryl/α,β-unsaturated/α-hetero) is 1.